The van der Waals surface area contributed by atoms with Crippen LogP contribution in [0.2, 0.25) is 0 Å². The van der Waals surface area contributed by atoms with Gasteiger partial charge in [-0.25, -0.2) is 4.79 Å². The van der Waals surface area contributed by atoms with Crippen LogP contribution < -0.4 is 0 Å². The second kappa shape index (κ2) is 5.39. The fraction of sp³-hybridized carbons (Fsp3) is 0.500. The molecular formula is C10H16NO2+. The molecule has 0 heterocycles. The number of hydrogen-bond acceptors (Lipinski definition) is 2. The Labute approximate surface area is 79.6 Å². The molecule has 0 aromatic heterocycles. The highest BCUT2D eigenvalue weighted by Gasteiger charge is 2.18. The van der Waals surface area contributed by atoms with Gasteiger partial charge in [0.1, 0.15) is 0 Å². The first-order valence-corrected chi connectivity index (χ1v) is 4.04. The number of esters is 1. The van der Waals surface area contributed by atoms with Gasteiger partial charge in [-0.2, -0.15) is 0 Å². The van der Waals surface area contributed by atoms with Gasteiger partial charge in [-0.05, 0) is 6.08 Å². The summed E-state index contributed by atoms with van der Waals surface area (Å²) >= 11 is 0. The monoisotopic (exact) mass is 182 g/mol. The number of nitrogens with zero attached hydrogens (tertiary/aromatic N) is 1. The Morgan fingerprint density at radius 1 is 1.69 bits per heavy atom. The number of carbonyl (C=O) groups excluding carboxylic acids is 1. The van der Waals surface area contributed by atoms with Gasteiger partial charge in [0.05, 0.1) is 20.6 Å². The van der Waals surface area contributed by atoms with E-state index >= 15 is 0 Å². The van der Waals surface area contributed by atoms with Crippen molar-refractivity contribution in [3.05, 3.63) is 12.7 Å². The van der Waals surface area contributed by atoms with E-state index in [1.54, 1.807) is 6.08 Å². The van der Waals surface area contributed by atoms with Crippen molar-refractivity contribution in [2.24, 2.45) is 0 Å². The minimum absolute atomic E-state index is 0.0485. The molecule has 0 spiro atoms. The number of terminal acetylenes is 1. The molecule has 3 nitrogen and oxygen atoms in total. The molecule has 0 aromatic rings. The molecule has 72 valence electrons. The van der Waals surface area contributed by atoms with Crippen molar-refractivity contribution in [2.45, 2.75) is 0 Å². The quantitative estimate of drug-likeness (QED) is 0.267. The van der Waals surface area contributed by atoms with Crippen molar-refractivity contribution in [3.63, 3.8) is 0 Å². The van der Waals surface area contributed by atoms with Crippen molar-refractivity contribution in [2.75, 3.05) is 33.8 Å². The minimum atomic E-state index is -0.273. The second-order valence-corrected chi connectivity index (χ2v) is 3.43. The van der Waals surface area contributed by atoms with Gasteiger partial charge in [0.2, 0.25) is 0 Å². The van der Waals surface area contributed by atoms with E-state index in [1.807, 2.05) is 14.1 Å². The summed E-state index contributed by atoms with van der Waals surface area (Å²) in [5.74, 6) is 1.97. The Balaban J connectivity index is 3.90. The van der Waals surface area contributed by atoms with E-state index in [0.717, 1.165) is 6.54 Å². The van der Waals surface area contributed by atoms with Crippen molar-refractivity contribution < 1.29 is 14.0 Å². The first-order chi connectivity index (χ1) is 6.02. The molecule has 0 bridgehead atoms. The maximum Gasteiger partial charge on any atom is 0.362 e. The largest absolute Gasteiger partial charge is 0.448 e. The summed E-state index contributed by atoms with van der Waals surface area (Å²) in [4.78, 5) is 11.1. The van der Waals surface area contributed by atoms with Gasteiger partial charge < -0.3 is 9.22 Å². The summed E-state index contributed by atoms with van der Waals surface area (Å²) in [6.45, 7) is 4.70. The Hall–Kier alpha value is -1.27. The number of quaternary nitrogens is 1. The average molecular weight is 182 g/mol. The van der Waals surface area contributed by atoms with Gasteiger partial charge in [0.25, 0.3) is 0 Å². The van der Waals surface area contributed by atoms with Crippen LogP contribution in [0.3, 0.4) is 0 Å². The average Bonchev–Trinajstić information content (AvgIpc) is 1.99. The summed E-state index contributed by atoms with van der Waals surface area (Å²) in [6, 6.07) is 0. The molecule has 0 aromatic carbocycles. The SMILES string of the molecule is C#CCOC(=O)C[N+](C)(C)CC=C. The molecule has 0 amide bonds. The molecule has 0 N–H and O–H groups in total. The predicted molar refractivity (Wildman–Crippen MR) is 51.8 cm³/mol. The lowest BCUT2D eigenvalue weighted by molar-refractivity contribution is -0.877. The zero-order chi connectivity index (χ0) is 10.3. The highest BCUT2D eigenvalue weighted by molar-refractivity contribution is 5.70. The Bertz CT molecular complexity index is 226. The van der Waals surface area contributed by atoms with E-state index in [4.69, 9.17) is 11.2 Å². The maximum atomic E-state index is 11.1. The number of hydrogen-bond donors (Lipinski definition) is 0. The number of likely N-dealkylation sites (N-methyl/N-ethyl adjacent to an activating group) is 1. The molecule has 0 aliphatic heterocycles. The fourth-order valence-corrected chi connectivity index (χ4v) is 0.931. The van der Waals surface area contributed by atoms with Crippen molar-refractivity contribution in [1.29, 1.82) is 0 Å². The smallest absolute Gasteiger partial charge is 0.362 e. The zero-order valence-electron chi connectivity index (χ0n) is 8.25. The van der Waals surface area contributed by atoms with E-state index in [2.05, 4.69) is 12.5 Å². The molecule has 0 aliphatic carbocycles. The summed E-state index contributed by atoms with van der Waals surface area (Å²) in [5, 5.41) is 0. The van der Waals surface area contributed by atoms with Crippen molar-refractivity contribution in [3.8, 4) is 12.3 Å². The molecule has 0 unspecified atom stereocenters. The number of rotatable bonds is 5. The zero-order valence-corrected chi connectivity index (χ0v) is 8.25. The third kappa shape index (κ3) is 5.94. The van der Waals surface area contributed by atoms with Gasteiger partial charge in [-0.3, -0.25) is 0 Å². The van der Waals surface area contributed by atoms with Crippen molar-refractivity contribution >= 4 is 5.97 Å². The molecule has 0 fully saturated rings. The van der Waals surface area contributed by atoms with E-state index in [-0.39, 0.29) is 12.6 Å². The Morgan fingerprint density at radius 2 is 2.31 bits per heavy atom. The molecule has 3 heteroatoms. The minimum Gasteiger partial charge on any atom is -0.448 e. The molecule has 0 saturated carbocycles. The first-order valence-electron chi connectivity index (χ1n) is 4.04. The fourth-order valence-electron chi connectivity index (χ4n) is 0.931. The van der Waals surface area contributed by atoms with Crippen LogP contribution in [0.15, 0.2) is 12.7 Å². The third-order valence-electron chi connectivity index (χ3n) is 1.50. The van der Waals surface area contributed by atoms with Crippen LogP contribution >= 0.6 is 0 Å². The molecule has 0 radical (unpaired) electrons. The number of carbonyl (C=O) groups is 1. The summed E-state index contributed by atoms with van der Waals surface area (Å²) in [6.07, 6.45) is 6.72. The van der Waals surface area contributed by atoms with E-state index < -0.39 is 0 Å². The first kappa shape index (κ1) is 11.7. The van der Waals surface area contributed by atoms with Crippen LogP contribution in [0.1, 0.15) is 0 Å². The van der Waals surface area contributed by atoms with Gasteiger partial charge in [0, 0.05) is 0 Å². The van der Waals surface area contributed by atoms with Crippen LogP contribution in [0.25, 0.3) is 0 Å². The number of ether oxygens (including phenoxy) is 1. The van der Waals surface area contributed by atoms with Crippen LogP contribution in [-0.2, 0) is 9.53 Å². The summed E-state index contributed by atoms with van der Waals surface area (Å²) < 4.78 is 5.28. The molecule has 0 saturated heterocycles. The van der Waals surface area contributed by atoms with Gasteiger partial charge in [-0.15, -0.1) is 6.42 Å². The molecule has 13 heavy (non-hydrogen) atoms. The van der Waals surface area contributed by atoms with E-state index in [9.17, 15) is 4.79 Å². The van der Waals surface area contributed by atoms with Crippen molar-refractivity contribution in [1.82, 2.24) is 0 Å². The van der Waals surface area contributed by atoms with Crippen LogP contribution in [-0.4, -0.2) is 44.2 Å². The van der Waals surface area contributed by atoms with Crippen LogP contribution in [0, 0.1) is 12.3 Å². The molecular weight excluding hydrogens is 166 g/mol. The lowest BCUT2D eigenvalue weighted by Crippen LogP contribution is -2.44. The highest BCUT2D eigenvalue weighted by atomic mass is 16.5. The summed E-state index contributed by atoms with van der Waals surface area (Å²) in [5.41, 5.74) is 0. The second-order valence-electron chi connectivity index (χ2n) is 3.43. The van der Waals surface area contributed by atoms with Crippen LogP contribution in [0.5, 0.6) is 0 Å². The lowest BCUT2D eigenvalue weighted by atomic mass is 10.4. The molecule has 0 aliphatic rings. The lowest BCUT2D eigenvalue weighted by Gasteiger charge is -2.26. The molecule has 0 atom stereocenters. The predicted octanol–water partition coefficient (Wildman–Crippen LogP) is 0.425. The van der Waals surface area contributed by atoms with Gasteiger partial charge >= 0.3 is 5.97 Å². The summed E-state index contributed by atoms with van der Waals surface area (Å²) in [7, 11) is 3.86. The topological polar surface area (TPSA) is 26.3 Å². The Morgan fingerprint density at radius 3 is 2.77 bits per heavy atom. The third-order valence-corrected chi connectivity index (χ3v) is 1.50. The highest BCUT2D eigenvalue weighted by Crippen LogP contribution is 1.97. The van der Waals surface area contributed by atoms with E-state index in [0.29, 0.717) is 11.0 Å². The Kier molecular flexibility index (Phi) is 4.86. The maximum absolute atomic E-state index is 11.1. The molecule has 0 rings (SSSR count). The standard InChI is InChI=1S/C10H16NO2/c1-5-7-11(3,4)9-10(12)13-8-6-2/h2,5H,1,7-9H2,3-4H3/q+1. The van der Waals surface area contributed by atoms with Gasteiger partial charge in [-0.1, -0.05) is 12.5 Å². The van der Waals surface area contributed by atoms with Crippen LogP contribution in [0.4, 0.5) is 0 Å². The normalized spacial score (nSPS) is 10.2. The van der Waals surface area contributed by atoms with Gasteiger partial charge in [0.15, 0.2) is 13.2 Å². The van der Waals surface area contributed by atoms with E-state index in [1.165, 1.54) is 0 Å².